The van der Waals surface area contributed by atoms with Crippen LogP contribution < -0.4 is 0 Å². The summed E-state index contributed by atoms with van der Waals surface area (Å²) in [5, 5.41) is 0. The monoisotopic (exact) mass is 210 g/mol. The Hall–Kier alpha value is -1.32. The SMILES string of the molecule is COC(=O)[C@@H]1[C@H]2C(=O)OC[C@@H]2C=C[C@@H]1C. The number of carbonyl (C=O) groups is 2. The Morgan fingerprint density at radius 3 is 2.93 bits per heavy atom. The van der Waals surface area contributed by atoms with Crippen LogP contribution in [0.2, 0.25) is 0 Å². The van der Waals surface area contributed by atoms with Crippen LogP contribution in [0.15, 0.2) is 12.2 Å². The van der Waals surface area contributed by atoms with E-state index in [1.165, 1.54) is 7.11 Å². The van der Waals surface area contributed by atoms with Gasteiger partial charge in [-0.1, -0.05) is 19.1 Å². The molecule has 1 aliphatic carbocycles. The molecular formula is C11H14O4. The highest BCUT2D eigenvalue weighted by atomic mass is 16.5. The summed E-state index contributed by atoms with van der Waals surface area (Å²) in [6.07, 6.45) is 3.93. The molecule has 0 radical (unpaired) electrons. The number of fused-ring (bicyclic) bond motifs is 1. The highest BCUT2D eigenvalue weighted by molar-refractivity contribution is 5.84. The van der Waals surface area contributed by atoms with Gasteiger partial charge in [0.15, 0.2) is 0 Å². The third-order valence-corrected chi connectivity index (χ3v) is 3.24. The molecule has 0 saturated carbocycles. The molecule has 1 heterocycles. The van der Waals surface area contributed by atoms with E-state index in [-0.39, 0.29) is 35.6 Å². The molecule has 1 aliphatic heterocycles. The van der Waals surface area contributed by atoms with Crippen molar-refractivity contribution in [3.8, 4) is 0 Å². The molecule has 2 aliphatic rings. The first-order chi connectivity index (χ1) is 7.15. The Labute approximate surface area is 88.2 Å². The van der Waals surface area contributed by atoms with Crippen LogP contribution in [0.5, 0.6) is 0 Å². The van der Waals surface area contributed by atoms with E-state index in [0.717, 1.165) is 0 Å². The summed E-state index contributed by atoms with van der Waals surface area (Å²) < 4.78 is 9.71. The molecule has 0 bridgehead atoms. The molecule has 0 aromatic heterocycles. The number of cyclic esters (lactones) is 1. The van der Waals surface area contributed by atoms with Gasteiger partial charge in [-0.15, -0.1) is 0 Å². The largest absolute Gasteiger partial charge is 0.469 e. The fourth-order valence-electron chi connectivity index (χ4n) is 2.40. The minimum absolute atomic E-state index is 0.0318. The van der Waals surface area contributed by atoms with Gasteiger partial charge in [-0.05, 0) is 5.92 Å². The maximum absolute atomic E-state index is 11.6. The summed E-state index contributed by atoms with van der Waals surface area (Å²) in [5.74, 6) is -1.26. The Morgan fingerprint density at radius 1 is 1.53 bits per heavy atom. The van der Waals surface area contributed by atoms with Gasteiger partial charge in [0.2, 0.25) is 0 Å². The second-order valence-corrected chi connectivity index (χ2v) is 4.11. The van der Waals surface area contributed by atoms with Crippen LogP contribution in [0, 0.1) is 23.7 Å². The fraction of sp³-hybridized carbons (Fsp3) is 0.636. The van der Waals surface area contributed by atoms with Gasteiger partial charge < -0.3 is 9.47 Å². The van der Waals surface area contributed by atoms with Crippen LogP contribution in [0.25, 0.3) is 0 Å². The highest BCUT2D eigenvalue weighted by Crippen LogP contribution is 2.39. The van der Waals surface area contributed by atoms with Crippen LogP contribution >= 0.6 is 0 Å². The van der Waals surface area contributed by atoms with Crippen molar-refractivity contribution in [2.24, 2.45) is 23.7 Å². The van der Waals surface area contributed by atoms with Gasteiger partial charge in [-0.3, -0.25) is 9.59 Å². The zero-order chi connectivity index (χ0) is 11.0. The first kappa shape index (κ1) is 10.2. The van der Waals surface area contributed by atoms with Crippen molar-refractivity contribution in [2.45, 2.75) is 6.92 Å². The average molecular weight is 210 g/mol. The summed E-state index contributed by atoms with van der Waals surface area (Å²) in [6.45, 7) is 2.31. The number of esters is 2. The number of ether oxygens (including phenoxy) is 2. The van der Waals surface area contributed by atoms with Crippen LogP contribution in [0.1, 0.15) is 6.92 Å². The number of hydrogen-bond acceptors (Lipinski definition) is 4. The number of methoxy groups -OCH3 is 1. The van der Waals surface area contributed by atoms with E-state index in [0.29, 0.717) is 6.61 Å². The van der Waals surface area contributed by atoms with Crippen molar-refractivity contribution in [3.63, 3.8) is 0 Å². The predicted molar refractivity (Wildman–Crippen MR) is 51.7 cm³/mol. The number of carbonyl (C=O) groups excluding carboxylic acids is 2. The summed E-state index contributed by atoms with van der Waals surface area (Å²) in [5.41, 5.74) is 0. The van der Waals surface area contributed by atoms with Gasteiger partial charge in [0.1, 0.15) is 0 Å². The fourth-order valence-corrected chi connectivity index (χ4v) is 2.40. The minimum atomic E-state index is -0.389. The van der Waals surface area contributed by atoms with Crippen molar-refractivity contribution >= 4 is 11.9 Å². The van der Waals surface area contributed by atoms with Crippen molar-refractivity contribution in [2.75, 3.05) is 13.7 Å². The van der Waals surface area contributed by atoms with E-state index >= 15 is 0 Å². The zero-order valence-electron chi connectivity index (χ0n) is 8.80. The van der Waals surface area contributed by atoms with E-state index in [2.05, 4.69) is 0 Å². The van der Waals surface area contributed by atoms with Gasteiger partial charge in [0.05, 0.1) is 25.6 Å². The zero-order valence-corrected chi connectivity index (χ0v) is 8.80. The summed E-state index contributed by atoms with van der Waals surface area (Å²) >= 11 is 0. The lowest BCUT2D eigenvalue weighted by Gasteiger charge is -2.29. The van der Waals surface area contributed by atoms with E-state index in [4.69, 9.17) is 9.47 Å². The van der Waals surface area contributed by atoms with Gasteiger partial charge in [-0.25, -0.2) is 0 Å². The molecule has 0 N–H and O–H groups in total. The molecule has 1 saturated heterocycles. The van der Waals surface area contributed by atoms with E-state index in [1.54, 1.807) is 0 Å². The van der Waals surface area contributed by atoms with Crippen molar-refractivity contribution in [1.29, 1.82) is 0 Å². The van der Waals surface area contributed by atoms with Crippen molar-refractivity contribution < 1.29 is 19.1 Å². The Bertz CT molecular complexity index is 321. The lowest BCUT2D eigenvalue weighted by atomic mass is 9.72. The summed E-state index contributed by atoms with van der Waals surface area (Å²) in [6, 6.07) is 0. The quantitative estimate of drug-likeness (QED) is 0.474. The van der Waals surface area contributed by atoms with Gasteiger partial charge in [-0.2, -0.15) is 0 Å². The van der Waals surface area contributed by atoms with Crippen LogP contribution in [0.4, 0.5) is 0 Å². The molecule has 82 valence electrons. The maximum Gasteiger partial charge on any atom is 0.310 e. The normalized spacial score (nSPS) is 38.4. The minimum Gasteiger partial charge on any atom is -0.469 e. The maximum atomic E-state index is 11.6. The van der Waals surface area contributed by atoms with Crippen molar-refractivity contribution in [1.82, 2.24) is 0 Å². The second-order valence-electron chi connectivity index (χ2n) is 4.11. The Kier molecular flexibility index (Phi) is 2.50. The van der Waals surface area contributed by atoms with Gasteiger partial charge in [0, 0.05) is 5.92 Å². The first-order valence-electron chi connectivity index (χ1n) is 5.08. The molecule has 4 heteroatoms. The Balaban J connectivity index is 2.30. The molecule has 0 unspecified atom stereocenters. The standard InChI is InChI=1S/C11H14O4/c1-6-3-4-7-5-15-11(13)9(7)8(6)10(12)14-2/h3-4,6-9H,5H2,1-2H3/t6-,7-,8-,9-/m0/s1. The van der Waals surface area contributed by atoms with Crippen LogP contribution in [-0.2, 0) is 19.1 Å². The summed E-state index contributed by atoms with van der Waals surface area (Å²) in [7, 11) is 1.35. The van der Waals surface area contributed by atoms with E-state index in [9.17, 15) is 9.59 Å². The third kappa shape index (κ3) is 1.54. The lowest BCUT2D eigenvalue weighted by molar-refractivity contribution is -0.155. The van der Waals surface area contributed by atoms with Gasteiger partial charge >= 0.3 is 11.9 Å². The first-order valence-corrected chi connectivity index (χ1v) is 5.08. The predicted octanol–water partition coefficient (Wildman–Crippen LogP) is 0.771. The molecule has 0 aromatic carbocycles. The number of allylic oxidation sites excluding steroid dienone is 1. The molecule has 0 amide bonds. The number of hydrogen-bond donors (Lipinski definition) is 0. The molecule has 15 heavy (non-hydrogen) atoms. The molecule has 4 nitrogen and oxygen atoms in total. The Morgan fingerprint density at radius 2 is 2.27 bits per heavy atom. The lowest BCUT2D eigenvalue weighted by Crippen LogP contribution is -2.38. The molecule has 0 aromatic rings. The second kappa shape index (κ2) is 3.68. The van der Waals surface area contributed by atoms with Crippen LogP contribution in [0.3, 0.4) is 0 Å². The van der Waals surface area contributed by atoms with Gasteiger partial charge in [0.25, 0.3) is 0 Å². The van der Waals surface area contributed by atoms with Crippen molar-refractivity contribution in [3.05, 3.63) is 12.2 Å². The molecule has 4 atom stereocenters. The molecular weight excluding hydrogens is 196 g/mol. The smallest absolute Gasteiger partial charge is 0.310 e. The highest BCUT2D eigenvalue weighted by Gasteiger charge is 2.48. The topological polar surface area (TPSA) is 52.6 Å². The van der Waals surface area contributed by atoms with E-state index in [1.807, 2.05) is 19.1 Å². The molecule has 2 rings (SSSR count). The molecule has 0 spiro atoms. The number of rotatable bonds is 1. The van der Waals surface area contributed by atoms with Crippen LogP contribution in [-0.4, -0.2) is 25.7 Å². The van der Waals surface area contributed by atoms with E-state index < -0.39 is 0 Å². The average Bonchev–Trinajstić information content (AvgIpc) is 2.60. The third-order valence-electron chi connectivity index (χ3n) is 3.24. The molecule has 1 fully saturated rings. The summed E-state index contributed by atoms with van der Waals surface area (Å²) in [4.78, 5) is 23.1.